The van der Waals surface area contributed by atoms with Crippen molar-refractivity contribution in [2.75, 3.05) is 0 Å². The van der Waals surface area contributed by atoms with Gasteiger partial charge in [0.1, 0.15) is 0 Å². The Kier molecular flexibility index (Phi) is 7.58. The Hall–Kier alpha value is -0.560. The van der Waals surface area contributed by atoms with E-state index in [0.29, 0.717) is 18.1 Å². The maximum Gasteiger partial charge on any atom is 0.0791 e. The predicted molar refractivity (Wildman–Crippen MR) is 88.9 cm³/mol. The second-order valence-corrected chi connectivity index (χ2v) is 6.88. The average molecular weight is 278 g/mol. The zero-order chi connectivity index (χ0) is 15.1. The SMILES string of the molecule is C=C(C)[C@H](C)C[C@H](C)CCC1O[C@@H](CCCC)C=C1C. The van der Waals surface area contributed by atoms with E-state index in [0.717, 1.165) is 5.92 Å². The molecule has 20 heavy (non-hydrogen) atoms. The van der Waals surface area contributed by atoms with Gasteiger partial charge < -0.3 is 4.74 Å². The van der Waals surface area contributed by atoms with Crippen molar-refractivity contribution >= 4 is 0 Å². The summed E-state index contributed by atoms with van der Waals surface area (Å²) < 4.78 is 6.17. The highest BCUT2D eigenvalue weighted by atomic mass is 16.5. The second kappa shape index (κ2) is 8.67. The summed E-state index contributed by atoms with van der Waals surface area (Å²) in [7, 11) is 0. The summed E-state index contributed by atoms with van der Waals surface area (Å²) in [6.45, 7) is 15.3. The number of ether oxygens (including phenoxy) is 1. The van der Waals surface area contributed by atoms with E-state index in [4.69, 9.17) is 4.74 Å². The summed E-state index contributed by atoms with van der Waals surface area (Å²) >= 11 is 0. The first-order chi connectivity index (χ1) is 9.43. The van der Waals surface area contributed by atoms with Crippen molar-refractivity contribution in [2.45, 2.75) is 85.4 Å². The van der Waals surface area contributed by atoms with Crippen LogP contribution in [0.25, 0.3) is 0 Å². The van der Waals surface area contributed by atoms with E-state index in [-0.39, 0.29) is 0 Å². The van der Waals surface area contributed by atoms with E-state index in [9.17, 15) is 0 Å². The standard InChI is InChI=1S/C19H34O/c1-7-8-9-18-13-17(6)19(20-18)11-10-15(4)12-16(5)14(2)3/h13,15-16,18-19H,2,7-12H2,1,3-6H3/t15-,16-,18+,19?/m1/s1. The molecule has 0 aromatic carbocycles. The van der Waals surface area contributed by atoms with Crippen LogP contribution in [0.5, 0.6) is 0 Å². The van der Waals surface area contributed by atoms with Gasteiger partial charge in [0.25, 0.3) is 0 Å². The van der Waals surface area contributed by atoms with Gasteiger partial charge in [-0.1, -0.05) is 51.8 Å². The van der Waals surface area contributed by atoms with Crippen LogP contribution in [0.15, 0.2) is 23.8 Å². The summed E-state index contributed by atoms with van der Waals surface area (Å²) in [5.41, 5.74) is 2.76. The Balaban J connectivity index is 2.29. The van der Waals surface area contributed by atoms with Crippen LogP contribution in [0.4, 0.5) is 0 Å². The Morgan fingerprint density at radius 1 is 1.35 bits per heavy atom. The largest absolute Gasteiger partial charge is 0.367 e. The summed E-state index contributed by atoms with van der Waals surface area (Å²) in [6, 6.07) is 0. The number of rotatable bonds is 9. The summed E-state index contributed by atoms with van der Waals surface area (Å²) in [4.78, 5) is 0. The molecule has 4 atom stereocenters. The molecule has 1 nitrogen and oxygen atoms in total. The summed E-state index contributed by atoms with van der Waals surface area (Å²) in [5.74, 6) is 1.40. The molecule has 0 aromatic rings. The second-order valence-electron chi connectivity index (χ2n) is 6.88. The molecule has 1 aliphatic rings. The van der Waals surface area contributed by atoms with Crippen LogP contribution >= 0.6 is 0 Å². The lowest BCUT2D eigenvalue weighted by molar-refractivity contribution is 0.0425. The number of hydrogen-bond acceptors (Lipinski definition) is 1. The molecule has 1 rings (SSSR count). The molecule has 116 valence electrons. The van der Waals surface area contributed by atoms with Crippen LogP contribution in [0.3, 0.4) is 0 Å². The molecule has 0 amide bonds. The van der Waals surface area contributed by atoms with Gasteiger partial charge in [0.2, 0.25) is 0 Å². The molecule has 1 aliphatic heterocycles. The fourth-order valence-electron chi connectivity index (χ4n) is 2.97. The number of allylic oxidation sites excluding steroid dienone is 1. The lowest BCUT2D eigenvalue weighted by Gasteiger charge is -2.20. The van der Waals surface area contributed by atoms with Crippen LogP contribution in [0, 0.1) is 11.8 Å². The van der Waals surface area contributed by atoms with Crippen LogP contribution in [0.1, 0.15) is 73.1 Å². The van der Waals surface area contributed by atoms with Gasteiger partial charge in [-0.05, 0) is 56.9 Å². The molecule has 0 aromatic heterocycles. The maximum absolute atomic E-state index is 6.17. The molecule has 0 aliphatic carbocycles. The van der Waals surface area contributed by atoms with E-state index in [1.165, 1.54) is 49.7 Å². The molecular weight excluding hydrogens is 244 g/mol. The quantitative estimate of drug-likeness (QED) is 0.476. The summed E-state index contributed by atoms with van der Waals surface area (Å²) in [6.07, 6.45) is 10.5. The van der Waals surface area contributed by atoms with Crippen molar-refractivity contribution in [3.8, 4) is 0 Å². The van der Waals surface area contributed by atoms with Crippen molar-refractivity contribution < 1.29 is 4.74 Å². The monoisotopic (exact) mass is 278 g/mol. The van der Waals surface area contributed by atoms with Crippen LogP contribution in [-0.4, -0.2) is 12.2 Å². The van der Waals surface area contributed by atoms with Gasteiger partial charge in [-0.15, -0.1) is 0 Å². The van der Waals surface area contributed by atoms with E-state index in [2.05, 4.69) is 47.3 Å². The Morgan fingerprint density at radius 3 is 2.65 bits per heavy atom. The number of unbranched alkanes of at least 4 members (excludes halogenated alkanes) is 1. The minimum atomic E-state index is 0.374. The van der Waals surface area contributed by atoms with Crippen molar-refractivity contribution in [1.29, 1.82) is 0 Å². The van der Waals surface area contributed by atoms with Crippen LogP contribution in [-0.2, 0) is 4.74 Å². The first kappa shape index (κ1) is 17.5. The minimum absolute atomic E-state index is 0.374. The van der Waals surface area contributed by atoms with Gasteiger partial charge in [-0.25, -0.2) is 0 Å². The first-order valence-electron chi connectivity index (χ1n) is 8.43. The third-order valence-electron chi connectivity index (χ3n) is 4.66. The highest BCUT2D eigenvalue weighted by Gasteiger charge is 2.24. The van der Waals surface area contributed by atoms with Crippen LogP contribution < -0.4 is 0 Å². The molecule has 0 fully saturated rings. The molecule has 0 saturated heterocycles. The van der Waals surface area contributed by atoms with Crippen molar-refractivity contribution in [3.05, 3.63) is 23.8 Å². The Morgan fingerprint density at radius 2 is 2.05 bits per heavy atom. The van der Waals surface area contributed by atoms with Gasteiger partial charge in [-0.2, -0.15) is 0 Å². The van der Waals surface area contributed by atoms with Gasteiger partial charge in [0.05, 0.1) is 12.2 Å². The molecule has 0 radical (unpaired) electrons. The average Bonchev–Trinajstić information content (AvgIpc) is 2.74. The van der Waals surface area contributed by atoms with Gasteiger partial charge >= 0.3 is 0 Å². The van der Waals surface area contributed by atoms with E-state index in [1.54, 1.807) is 0 Å². The molecular formula is C19H34O. The third-order valence-corrected chi connectivity index (χ3v) is 4.66. The first-order valence-corrected chi connectivity index (χ1v) is 8.43. The fourth-order valence-corrected chi connectivity index (χ4v) is 2.97. The lowest BCUT2D eigenvalue weighted by Crippen LogP contribution is -2.15. The number of hydrogen-bond donors (Lipinski definition) is 0. The van der Waals surface area contributed by atoms with Gasteiger partial charge in [0, 0.05) is 0 Å². The van der Waals surface area contributed by atoms with Crippen molar-refractivity contribution in [2.24, 2.45) is 11.8 Å². The minimum Gasteiger partial charge on any atom is -0.367 e. The maximum atomic E-state index is 6.17. The van der Waals surface area contributed by atoms with E-state index in [1.807, 2.05) is 0 Å². The highest BCUT2D eigenvalue weighted by molar-refractivity contribution is 5.13. The molecule has 0 bridgehead atoms. The molecule has 0 spiro atoms. The van der Waals surface area contributed by atoms with E-state index >= 15 is 0 Å². The molecule has 0 saturated carbocycles. The van der Waals surface area contributed by atoms with Gasteiger partial charge in [-0.3, -0.25) is 0 Å². The zero-order valence-corrected chi connectivity index (χ0v) is 14.2. The Labute approximate surface area is 126 Å². The van der Waals surface area contributed by atoms with Gasteiger partial charge in [0.15, 0.2) is 0 Å². The van der Waals surface area contributed by atoms with Crippen molar-refractivity contribution in [1.82, 2.24) is 0 Å². The van der Waals surface area contributed by atoms with E-state index < -0.39 is 0 Å². The predicted octanol–water partition coefficient (Wildman–Crippen LogP) is 5.91. The normalized spacial score (nSPS) is 25.4. The highest BCUT2D eigenvalue weighted by Crippen LogP contribution is 2.29. The van der Waals surface area contributed by atoms with Crippen molar-refractivity contribution in [3.63, 3.8) is 0 Å². The molecule has 1 heterocycles. The molecule has 1 unspecified atom stereocenters. The topological polar surface area (TPSA) is 9.23 Å². The fraction of sp³-hybridized carbons (Fsp3) is 0.789. The zero-order valence-electron chi connectivity index (χ0n) is 14.2. The van der Waals surface area contributed by atoms with Crippen LogP contribution in [0.2, 0.25) is 0 Å². The Bertz CT molecular complexity index is 329. The molecule has 1 heteroatoms. The third kappa shape index (κ3) is 5.83. The molecule has 0 N–H and O–H groups in total. The lowest BCUT2D eigenvalue weighted by atomic mass is 9.89. The summed E-state index contributed by atoms with van der Waals surface area (Å²) in [5, 5.41) is 0. The smallest absolute Gasteiger partial charge is 0.0791 e.